The average molecular weight is 315 g/mol. The van der Waals surface area contributed by atoms with Crippen LogP contribution in [0.25, 0.3) is 0 Å². The molecule has 0 bridgehead atoms. The van der Waals surface area contributed by atoms with Crippen LogP contribution in [0.5, 0.6) is 0 Å². The maximum absolute atomic E-state index is 12.9. The highest BCUT2D eigenvalue weighted by Gasteiger charge is 2.38. The van der Waals surface area contributed by atoms with Gasteiger partial charge in [0.15, 0.2) is 0 Å². The summed E-state index contributed by atoms with van der Waals surface area (Å²) < 4.78 is 11.6. The molecule has 124 valence electrons. The van der Waals surface area contributed by atoms with E-state index in [1.54, 1.807) is 0 Å². The quantitative estimate of drug-likeness (QED) is 0.825. The Kier molecular flexibility index (Phi) is 3.70. The summed E-state index contributed by atoms with van der Waals surface area (Å²) in [6.07, 6.45) is 5.19. The number of nitrogens with zero attached hydrogens (tertiary/aromatic N) is 1. The van der Waals surface area contributed by atoms with E-state index in [1.165, 1.54) is 6.42 Å². The van der Waals surface area contributed by atoms with Crippen LogP contribution in [0.2, 0.25) is 0 Å². The van der Waals surface area contributed by atoms with E-state index >= 15 is 0 Å². The number of allylic oxidation sites excluding steroid dienone is 1. The first kappa shape index (κ1) is 14.9. The molecule has 2 fully saturated rings. The van der Waals surface area contributed by atoms with Crippen molar-refractivity contribution in [1.82, 2.24) is 4.90 Å². The first-order valence-corrected chi connectivity index (χ1v) is 8.85. The normalized spacial score (nSPS) is 26.9. The fourth-order valence-corrected chi connectivity index (χ4v) is 3.49. The van der Waals surface area contributed by atoms with Gasteiger partial charge in [-0.05, 0) is 57.1 Å². The molecule has 23 heavy (non-hydrogen) atoms. The highest BCUT2D eigenvalue weighted by molar-refractivity contribution is 5.94. The number of ether oxygens (including phenoxy) is 1. The van der Waals surface area contributed by atoms with E-state index in [9.17, 15) is 4.79 Å². The summed E-state index contributed by atoms with van der Waals surface area (Å²) in [7, 11) is 0. The molecule has 1 amide bonds. The van der Waals surface area contributed by atoms with Crippen molar-refractivity contribution < 1.29 is 13.9 Å². The zero-order chi connectivity index (χ0) is 16.0. The van der Waals surface area contributed by atoms with E-state index in [2.05, 4.69) is 13.0 Å². The molecular formula is C19H25NO3. The zero-order valence-electron chi connectivity index (χ0n) is 14.0. The van der Waals surface area contributed by atoms with Gasteiger partial charge in [-0.1, -0.05) is 6.92 Å². The summed E-state index contributed by atoms with van der Waals surface area (Å²) in [5.74, 6) is 4.27. The van der Waals surface area contributed by atoms with Crippen LogP contribution in [-0.4, -0.2) is 23.5 Å². The second-order valence-corrected chi connectivity index (χ2v) is 7.27. The van der Waals surface area contributed by atoms with Gasteiger partial charge in [-0.3, -0.25) is 4.79 Å². The molecule has 4 rings (SSSR count). The molecule has 0 radical (unpaired) electrons. The van der Waals surface area contributed by atoms with Crippen molar-refractivity contribution in [3.63, 3.8) is 0 Å². The Balaban J connectivity index is 1.50. The smallest absolute Gasteiger partial charge is 0.253 e. The van der Waals surface area contributed by atoms with Gasteiger partial charge in [-0.15, -0.1) is 0 Å². The minimum absolute atomic E-state index is 0.141. The van der Waals surface area contributed by atoms with E-state index in [1.807, 2.05) is 17.9 Å². The topological polar surface area (TPSA) is 42.7 Å². The summed E-state index contributed by atoms with van der Waals surface area (Å²) in [4.78, 5) is 14.9. The van der Waals surface area contributed by atoms with Gasteiger partial charge in [0.05, 0.1) is 18.7 Å². The van der Waals surface area contributed by atoms with Crippen LogP contribution in [0, 0.1) is 5.92 Å². The maximum atomic E-state index is 12.9. The molecule has 2 atom stereocenters. The Bertz CT molecular complexity index is 641. The number of carbonyl (C=O) groups is 1. The number of carbonyl (C=O) groups excluding carboxylic acids is 1. The third-order valence-corrected chi connectivity index (χ3v) is 5.30. The van der Waals surface area contributed by atoms with Crippen molar-refractivity contribution in [3.05, 3.63) is 35.0 Å². The molecule has 1 aliphatic heterocycles. The Hall–Kier alpha value is -1.71. The van der Waals surface area contributed by atoms with Gasteiger partial charge in [-0.2, -0.15) is 0 Å². The van der Waals surface area contributed by atoms with Crippen LogP contribution in [-0.2, 0) is 16.1 Å². The molecule has 0 unspecified atom stereocenters. The Morgan fingerprint density at radius 2 is 2.13 bits per heavy atom. The number of hydrogen-bond acceptors (Lipinski definition) is 3. The predicted octanol–water partition coefficient (Wildman–Crippen LogP) is 3.98. The molecule has 3 aliphatic rings. The van der Waals surface area contributed by atoms with Gasteiger partial charge in [-0.25, -0.2) is 0 Å². The SMILES string of the molecule is CC1=C(C(=O)N(Cc2ccc([C@@H]3C[C@@H]3C)o2)C2CC2)CCCO1. The lowest BCUT2D eigenvalue weighted by molar-refractivity contribution is -0.129. The maximum Gasteiger partial charge on any atom is 0.253 e. The zero-order valence-corrected chi connectivity index (χ0v) is 14.0. The monoisotopic (exact) mass is 315 g/mol. The van der Waals surface area contributed by atoms with Gasteiger partial charge < -0.3 is 14.1 Å². The molecule has 4 heteroatoms. The molecule has 2 heterocycles. The molecule has 2 saturated carbocycles. The summed E-state index contributed by atoms with van der Waals surface area (Å²) in [6.45, 7) is 5.48. The highest BCUT2D eigenvalue weighted by atomic mass is 16.5. The molecule has 1 aromatic rings. The van der Waals surface area contributed by atoms with Crippen LogP contribution in [0.15, 0.2) is 27.9 Å². The van der Waals surface area contributed by atoms with Gasteiger partial charge in [0.25, 0.3) is 5.91 Å². The lowest BCUT2D eigenvalue weighted by atomic mass is 10.1. The lowest BCUT2D eigenvalue weighted by Gasteiger charge is -2.26. The second kappa shape index (κ2) is 5.73. The Morgan fingerprint density at radius 3 is 2.78 bits per heavy atom. The van der Waals surface area contributed by atoms with Crippen molar-refractivity contribution in [1.29, 1.82) is 0 Å². The van der Waals surface area contributed by atoms with Crippen molar-refractivity contribution in [3.8, 4) is 0 Å². The minimum Gasteiger partial charge on any atom is -0.498 e. The van der Waals surface area contributed by atoms with Crippen LogP contribution < -0.4 is 0 Å². The van der Waals surface area contributed by atoms with E-state index < -0.39 is 0 Å². The van der Waals surface area contributed by atoms with Crippen LogP contribution >= 0.6 is 0 Å². The molecule has 1 aromatic heterocycles. The van der Waals surface area contributed by atoms with Crippen LogP contribution in [0.1, 0.15) is 63.4 Å². The summed E-state index contributed by atoms with van der Waals surface area (Å²) in [5, 5.41) is 0. The van der Waals surface area contributed by atoms with Crippen molar-refractivity contribution in [2.24, 2.45) is 5.92 Å². The third kappa shape index (κ3) is 3.04. The van der Waals surface area contributed by atoms with Gasteiger partial charge in [0.2, 0.25) is 0 Å². The van der Waals surface area contributed by atoms with E-state index in [0.717, 1.165) is 61.1 Å². The van der Waals surface area contributed by atoms with E-state index in [4.69, 9.17) is 9.15 Å². The first-order chi connectivity index (χ1) is 11.1. The van der Waals surface area contributed by atoms with Gasteiger partial charge >= 0.3 is 0 Å². The Morgan fingerprint density at radius 1 is 1.35 bits per heavy atom. The third-order valence-electron chi connectivity index (χ3n) is 5.30. The largest absolute Gasteiger partial charge is 0.498 e. The van der Waals surface area contributed by atoms with Crippen LogP contribution in [0.4, 0.5) is 0 Å². The molecular weight excluding hydrogens is 290 g/mol. The predicted molar refractivity (Wildman–Crippen MR) is 86.7 cm³/mol. The van der Waals surface area contributed by atoms with Crippen LogP contribution in [0.3, 0.4) is 0 Å². The molecule has 0 aromatic carbocycles. The van der Waals surface area contributed by atoms with E-state index in [-0.39, 0.29) is 5.91 Å². The average Bonchev–Trinajstić information content (AvgIpc) is 3.46. The summed E-state index contributed by atoms with van der Waals surface area (Å²) in [5.41, 5.74) is 0.853. The first-order valence-electron chi connectivity index (χ1n) is 8.85. The molecule has 4 nitrogen and oxygen atoms in total. The highest BCUT2D eigenvalue weighted by Crippen LogP contribution is 2.47. The van der Waals surface area contributed by atoms with Crippen molar-refractivity contribution in [2.45, 2.75) is 64.5 Å². The van der Waals surface area contributed by atoms with Gasteiger partial charge in [0, 0.05) is 12.0 Å². The van der Waals surface area contributed by atoms with Crippen molar-refractivity contribution >= 4 is 5.91 Å². The van der Waals surface area contributed by atoms with Gasteiger partial charge in [0.1, 0.15) is 17.3 Å². The minimum atomic E-state index is 0.141. The fraction of sp³-hybridized carbons (Fsp3) is 0.632. The molecule has 2 aliphatic carbocycles. The summed E-state index contributed by atoms with van der Waals surface area (Å²) in [6, 6.07) is 4.51. The standard InChI is InChI=1S/C19H25NO3/c1-12-10-17(12)18-8-7-15(23-18)11-20(14-5-6-14)19(21)16-4-3-9-22-13(16)2/h7-8,12,14,17H,3-6,9-11H2,1-2H3/t12-,17+/m0/s1. The molecule has 0 N–H and O–H groups in total. The molecule has 0 spiro atoms. The van der Waals surface area contributed by atoms with Crippen molar-refractivity contribution in [2.75, 3.05) is 6.61 Å². The van der Waals surface area contributed by atoms with E-state index in [0.29, 0.717) is 18.5 Å². The second-order valence-electron chi connectivity index (χ2n) is 7.27. The Labute approximate surface area is 137 Å². The number of rotatable bonds is 5. The number of hydrogen-bond donors (Lipinski definition) is 0. The lowest BCUT2D eigenvalue weighted by Crippen LogP contribution is -2.35. The number of furan rings is 1. The fourth-order valence-electron chi connectivity index (χ4n) is 3.49. The number of amides is 1. The summed E-state index contributed by atoms with van der Waals surface area (Å²) >= 11 is 0. The molecule has 0 saturated heterocycles.